The zero-order valence-electron chi connectivity index (χ0n) is 14.4. The molecule has 0 aromatic carbocycles. The second kappa shape index (κ2) is 16.7. The average Bonchev–Trinajstić information content (AvgIpc) is 2.74. The molecule has 0 radical (unpaired) electrons. The van der Waals surface area contributed by atoms with Gasteiger partial charge in [-0.2, -0.15) is 0 Å². The summed E-state index contributed by atoms with van der Waals surface area (Å²) in [6.07, 6.45) is 8.41. The molecular weight excluding hydrogens is 234 g/mol. The number of hydrogen-bond acceptors (Lipinski definition) is 1. The third kappa shape index (κ3) is 8.41. The summed E-state index contributed by atoms with van der Waals surface area (Å²) in [6, 6.07) is 0. The minimum Gasteiger partial charge on any atom is -0.315 e. The van der Waals surface area contributed by atoms with E-state index in [1.807, 2.05) is 86.7 Å². The highest BCUT2D eigenvalue weighted by Gasteiger charge is 2.23. The van der Waals surface area contributed by atoms with E-state index >= 15 is 0 Å². The van der Waals surface area contributed by atoms with Crippen LogP contribution in [0.1, 0.15) is 61.8 Å². The second-order valence-corrected chi connectivity index (χ2v) is 3.04. The van der Waals surface area contributed by atoms with E-state index in [1.165, 1.54) is 0 Å². The summed E-state index contributed by atoms with van der Waals surface area (Å²) in [6.45, 7) is 15.9. The van der Waals surface area contributed by atoms with Crippen molar-refractivity contribution in [3.63, 3.8) is 0 Å². The van der Waals surface area contributed by atoms with Crippen LogP contribution in [0.2, 0.25) is 0 Å². The quantitative estimate of drug-likeness (QED) is 0.662. The van der Waals surface area contributed by atoms with E-state index in [4.69, 9.17) is 0 Å². The molecule has 0 atom stereocenters. The summed E-state index contributed by atoms with van der Waals surface area (Å²) in [7, 11) is 1.81. The highest BCUT2D eigenvalue weighted by Crippen LogP contribution is 2.24. The van der Waals surface area contributed by atoms with Crippen LogP contribution in [0.15, 0.2) is 35.6 Å². The average molecular weight is 267 g/mol. The maximum atomic E-state index is 11.4. The fourth-order valence-corrected chi connectivity index (χ4v) is 1.44. The number of carbonyl (C=O) groups excluding carboxylic acids is 1. The van der Waals surface area contributed by atoms with E-state index in [-0.39, 0.29) is 5.91 Å². The Kier molecular flexibility index (Phi) is 20.1. The summed E-state index contributed by atoms with van der Waals surface area (Å²) >= 11 is 0. The molecule has 2 heteroatoms. The summed E-state index contributed by atoms with van der Waals surface area (Å²) in [4.78, 5) is 13.1. The molecule has 1 heterocycles. The van der Waals surface area contributed by atoms with Gasteiger partial charge in [-0.25, -0.2) is 0 Å². The zero-order valence-corrected chi connectivity index (χ0v) is 14.4. The first-order valence-corrected chi connectivity index (χ1v) is 7.45. The number of hydrogen-bond donors (Lipinski definition) is 0. The molecular formula is C17H33NO. The summed E-state index contributed by atoms with van der Waals surface area (Å²) in [5, 5.41) is 0. The number of allylic oxidation sites excluding steroid dienone is 4. The van der Waals surface area contributed by atoms with Gasteiger partial charge < -0.3 is 4.90 Å². The number of amides is 1. The Morgan fingerprint density at radius 3 is 1.68 bits per heavy atom. The molecule has 2 nitrogen and oxygen atoms in total. The molecule has 1 rings (SSSR count). The highest BCUT2D eigenvalue weighted by molar-refractivity contribution is 5.85. The lowest BCUT2D eigenvalue weighted by atomic mass is 10.1. The lowest BCUT2D eigenvalue weighted by molar-refractivity contribution is -0.125. The van der Waals surface area contributed by atoms with Gasteiger partial charge in [-0.05, 0) is 25.5 Å². The van der Waals surface area contributed by atoms with Crippen LogP contribution in [0.4, 0.5) is 0 Å². The van der Waals surface area contributed by atoms with Crippen LogP contribution in [0.25, 0.3) is 0 Å². The third-order valence-corrected chi connectivity index (χ3v) is 2.10. The van der Waals surface area contributed by atoms with Crippen molar-refractivity contribution in [1.82, 2.24) is 4.90 Å². The molecule has 0 fully saturated rings. The fraction of sp³-hybridized carbons (Fsp3) is 0.588. The summed E-state index contributed by atoms with van der Waals surface area (Å²) in [5.41, 5.74) is 2.12. The molecule has 0 aromatic rings. The van der Waals surface area contributed by atoms with E-state index in [1.54, 1.807) is 4.90 Å². The molecule has 0 spiro atoms. The first-order valence-electron chi connectivity index (χ1n) is 7.45. The molecule has 19 heavy (non-hydrogen) atoms. The monoisotopic (exact) mass is 267 g/mol. The highest BCUT2D eigenvalue weighted by atomic mass is 16.2. The van der Waals surface area contributed by atoms with Crippen molar-refractivity contribution < 1.29 is 4.79 Å². The summed E-state index contributed by atoms with van der Waals surface area (Å²) < 4.78 is 0. The molecule has 0 saturated heterocycles. The van der Waals surface area contributed by atoms with Gasteiger partial charge in [0, 0.05) is 12.7 Å². The molecule has 0 N–H and O–H groups in total. The van der Waals surface area contributed by atoms with Crippen LogP contribution in [0, 0.1) is 0 Å². The van der Waals surface area contributed by atoms with Crippen LogP contribution in [0.5, 0.6) is 0 Å². The SMILES string of the molecule is C/C=C\C1=C(/C=C\C)N(C)C(=O)C1.CC.CC.CC. The number of rotatable bonds is 2. The molecule has 1 aliphatic heterocycles. The van der Waals surface area contributed by atoms with Crippen LogP contribution < -0.4 is 0 Å². The largest absolute Gasteiger partial charge is 0.315 e. The van der Waals surface area contributed by atoms with E-state index in [2.05, 4.69) is 0 Å². The topological polar surface area (TPSA) is 20.3 Å². The van der Waals surface area contributed by atoms with Gasteiger partial charge in [0.05, 0.1) is 6.42 Å². The van der Waals surface area contributed by atoms with Crippen LogP contribution >= 0.6 is 0 Å². The van der Waals surface area contributed by atoms with E-state index in [0.29, 0.717) is 6.42 Å². The smallest absolute Gasteiger partial charge is 0.231 e. The van der Waals surface area contributed by atoms with Crippen molar-refractivity contribution in [2.45, 2.75) is 61.8 Å². The number of likely N-dealkylation sites (N-methyl/N-ethyl adjacent to an activating group) is 1. The fourth-order valence-electron chi connectivity index (χ4n) is 1.44. The van der Waals surface area contributed by atoms with Gasteiger partial charge >= 0.3 is 0 Å². The van der Waals surface area contributed by atoms with Crippen molar-refractivity contribution >= 4 is 5.91 Å². The predicted octanol–water partition coefficient (Wildman–Crippen LogP) is 5.33. The Bertz CT molecular complexity index is 298. The summed E-state index contributed by atoms with van der Waals surface area (Å²) in [5.74, 6) is 0.168. The normalized spacial score (nSPS) is 13.7. The number of carbonyl (C=O) groups is 1. The second-order valence-electron chi connectivity index (χ2n) is 3.04. The van der Waals surface area contributed by atoms with Crippen LogP contribution in [0.3, 0.4) is 0 Å². The van der Waals surface area contributed by atoms with Crippen LogP contribution in [-0.4, -0.2) is 17.9 Å². The molecule has 0 aromatic heterocycles. The lowest BCUT2D eigenvalue weighted by Crippen LogP contribution is -2.18. The van der Waals surface area contributed by atoms with Crippen molar-refractivity contribution in [3.05, 3.63) is 35.6 Å². The van der Waals surface area contributed by atoms with Gasteiger partial charge in [-0.15, -0.1) is 0 Å². The maximum absolute atomic E-state index is 11.4. The first-order chi connectivity index (χ1) is 9.20. The van der Waals surface area contributed by atoms with Gasteiger partial charge in [0.1, 0.15) is 0 Å². The Labute approximate surface area is 120 Å². The molecule has 0 saturated carbocycles. The first kappa shape index (κ1) is 22.8. The predicted molar refractivity (Wildman–Crippen MR) is 88.1 cm³/mol. The molecule has 0 unspecified atom stereocenters. The van der Waals surface area contributed by atoms with E-state index < -0.39 is 0 Å². The van der Waals surface area contributed by atoms with Crippen molar-refractivity contribution in [2.75, 3.05) is 7.05 Å². The molecule has 1 amide bonds. The molecule has 0 bridgehead atoms. The maximum Gasteiger partial charge on any atom is 0.231 e. The van der Waals surface area contributed by atoms with Crippen LogP contribution in [-0.2, 0) is 4.79 Å². The van der Waals surface area contributed by atoms with Gasteiger partial charge in [-0.3, -0.25) is 4.79 Å². The standard InChI is InChI=1S/C11H15NO.3C2H6/c1-4-6-9-8-11(13)12(3)10(9)7-5-2;3*1-2/h4-7H,8H2,1-3H3;3*1-2H3/b6-4-,7-5-;;;. The van der Waals surface area contributed by atoms with Crippen molar-refractivity contribution in [1.29, 1.82) is 0 Å². The zero-order chi connectivity index (χ0) is 15.8. The van der Waals surface area contributed by atoms with Gasteiger partial charge in [0.15, 0.2) is 0 Å². The van der Waals surface area contributed by atoms with Gasteiger partial charge in [0.2, 0.25) is 5.91 Å². The Hall–Kier alpha value is -1.31. The third-order valence-electron chi connectivity index (χ3n) is 2.10. The lowest BCUT2D eigenvalue weighted by Gasteiger charge is -2.10. The van der Waals surface area contributed by atoms with Gasteiger partial charge in [-0.1, -0.05) is 59.8 Å². The minimum atomic E-state index is 0.168. The molecule has 1 aliphatic rings. The Balaban J connectivity index is -0.000000375. The van der Waals surface area contributed by atoms with E-state index in [9.17, 15) is 4.79 Å². The van der Waals surface area contributed by atoms with Crippen molar-refractivity contribution in [2.24, 2.45) is 0 Å². The van der Waals surface area contributed by atoms with Gasteiger partial charge in [0.25, 0.3) is 0 Å². The van der Waals surface area contributed by atoms with E-state index in [0.717, 1.165) is 11.3 Å². The van der Waals surface area contributed by atoms with Crippen molar-refractivity contribution in [3.8, 4) is 0 Å². The molecule has 112 valence electrons. The Morgan fingerprint density at radius 2 is 1.32 bits per heavy atom. The minimum absolute atomic E-state index is 0.168. The number of nitrogens with zero attached hydrogens (tertiary/aromatic N) is 1. The molecule has 0 aliphatic carbocycles. The Morgan fingerprint density at radius 1 is 0.895 bits per heavy atom.